The summed E-state index contributed by atoms with van der Waals surface area (Å²) in [6.45, 7) is 1.17. The highest BCUT2D eigenvalue weighted by atomic mass is 32.2. The summed E-state index contributed by atoms with van der Waals surface area (Å²) in [5.41, 5.74) is 0. The average molecular weight is 347 g/mol. The lowest BCUT2D eigenvalue weighted by molar-refractivity contribution is -0.130. The van der Waals surface area contributed by atoms with E-state index in [0.29, 0.717) is 19.2 Å². The van der Waals surface area contributed by atoms with Gasteiger partial charge < -0.3 is 4.90 Å². The van der Waals surface area contributed by atoms with Crippen molar-refractivity contribution in [3.8, 4) is 0 Å². The Labute approximate surface area is 134 Å². The van der Waals surface area contributed by atoms with Crippen LogP contribution in [0.15, 0.2) is 23.1 Å². The van der Waals surface area contributed by atoms with Crippen LogP contribution in [0.5, 0.6) is 0 Å². The first-order valence-corrected chi connectivity index (χ1v) is 8.53. The third kappa shape index (κ3) is 4.04. The van der Waals surface area contributed by atoms with Gasteiger partial charge in [0, 0.05) is 40.3 Å². The summed E-state index contributed by atoms with van der Waals surface area (Å²) in [7, 11) is -0.790. The third-order valence-corrected chi connectivity index (χ3v) is 5.61. The summed E-state index contributed by atoms with van der Waals surface area (Å²) in [5.74, 6) is -1.85. The van der Waals surface area contributed by atoms with Gasteiger partial charge in [-0.05, 0) is 18.2 Å². The molecule has 0 spiro atoms. The number of amides is 1. The lowest BCUT2D eigenvalue weighted by atomic mass is 10.3. The van der Waals surface area contributed by atoms with E-state index >= 15 is 0 Å². The second-order valence-corrected chi connectivity index (χ2v) is 7.45. The van der Waals surface area contributed by atoms with Crippen molar-refractivity contribution in [3.63, 3.8) is 0 Å². The van der Waals surface area contributed by atoms with Gasteiger partial charge in [0.15, 0.2) is 0 Å². The molecule has 1 aromatic carbocycles. The van der Waals surface area contributed by atoms with Gasteiger partial charge in [-0.1, -0.05) is 0 Å². The highest BCUT2D eigenvalue weighted by Crippen LogP contribution is 2.21. The molecular weight excluding hydrogens is 328 g/mol. The summed E-state index contributed by atoms with van der Waals surface area (Å²) in [6.07, 6.45) is 0. The molecule has 0 unspecified atom stereocenters. The van der Waals surface area contributed by atoms with Crippen molar-refractivity contribution >= 4 is 15.9 Å². The molecule has 0 aliphatic carbocycles. The van der Waals surface area contributed by atoms with Crippen LogP contribution >= 0.6 is 0 Å². The maximum atomic E-state index is 13.7. The molecule has 1 aromatic rings. The van der Waals surface area contributed by atoms with E-state index in [1.165, 1.54) is 4.90 Å². The van der Waals surface area contributed by atoms with Crippen molar-refractivity contribution in [2.75, 3.05) is 46.8 Å². The summed E-state index contributed by atoms with van der Waals surface area (Å²) in [4.78, 5) is 14.3. The zero-order valence-electron chi connectivity index (χ0n) is 13.0. The van der Waals surface area contributed by atoms with Crippen molar-refractivity contribution in [1.29, 1.82) is 0 Å². The Morgan fingerprint density at radius 2 is 1.78 bits per heavy atom. The molecule has 0 aromatic heterocycles. The quantitative estimate of drug-likeness (QED) is 0.789. The molecule has 128 valence electrons. The Morgan fingerprint density at radius 3 is 2.35 bits per heavy atom. The minimum Gasteiger partial charge on any atom is -0.348 e. The van der Waals surface area contributed by atoms with Gasteiger partial charge in [0.05, 0.1) is 6.54 Å². The number of hydrogen-bond donors (Lipinski definition) is 0. The highest BCUT2D eigenvalue weighted by molar-refractivity contribution is 7.89. The van der Waals surface area contributed by atoms with Crippen molar-refractivity contribution in [1.82, 2.24) is 14.1 Å². The lowest BCUT2D eigenvalue weighted by Gasteiger charge is -2.34. The van der Waals surface area contributed by atoms with Crippen LogP contribution in [0.2, 0.25) is 0 Å². The Morgan fingerprint density at radius 1 is 1.17 bits per heavy atom. The van der Waals surface area contributed by atoms with Crippen LogP contribution in [0.3, 0.4) is 0 Å². The number of piperazine rings is 1. The molecule has 0 radical (unpaired) electrons. The second kappa shape index (κ2) is 6.90. The summed E-state index contributed by atoms with van der Waals surface area (Å²) in [6, 6.07) is 2.36. The van der Waals surface area contributed by atoms with E-state index in [1.54, 1.807) is 14.1 Å². The molecule has 1 saturated heterocycles. The monoisotopic (exact) mass is 347 g/mol. The molecule has 1 heterocycles. The first kappa shape index (κ1) is 17.8. The molecule has 0 bridgehead atoms. The van der Waals surface area contributed by atoms with E-state index in [4.69, 9.17) is 0 Å². The predicted molar refractivity (Wildman–Crippen MR) is 80.3 cm³/mol. The number of sulfonamides is 1. The molecule has 1 aliphatic rings. The molecule has 9 heteroatoms. The molecule has 2 rings (SSSR count). The smallest absolute Gasteiger partial charge is 0.246 e. The van der Waals surface area contributed by atoms with Gasteiger partial charge >= 0.3 is 0 Å². The van der Waals surface area contributed by atoms with E-state index in [0.717, 1.165) is 16.4 Å². The van der Waals surface area contributed by atoms with Gasteiger partial charge in [-0.2, -0.15) is 4.31 Å². The van der Waals surface area contributed by atoms with Crippen LogP contribution in [0, 0.1) is 11.6 Å². The SMILES string of the molecule is CN(C)C(=O)CN1CCN(S(=O)(=O)c2cc(F)ccc2F)CC1. The number of halogens is 2. The van der Waals surface area contributed by atoms with Gasteiger partial charge in [-0.3, -0.25) is 9.69 Å². The van der Waals surface area contributed by atoms with Crippen molar-refractivity contribution in [2.45, 2.75) is 4.90 Å². The maximum Gasteiger partial charge on any atom is 0.246 e. The number of likely N-dealkylation sites (N-methyl/N-ethyl adjacent to an activating group) is 1. The normalized spacial score (nSPS) is 17.2. The molecule has 0 saturated carbocycles. The minimum atomic E-state index is -4.09. The first-order chi connectivity index (χ1) is 10.7. The largest absolute Gasteiger partial charge is 0.348 e. The van der Waals surface area contributed by atoms with Crippen molar-refractivity contribution in [3.05, 3.63) is 29.8 Å². The first-order valence-electron chi connectivity index (χ1n) is 7.09. The zero-order valence-corrected chi connectivity index (χ0v) is 13.8. The third-order valence-electron chi connectivity index (χ3n) is 3.70. The van der Waals surface area contributed by atoms with Gasteiger partial charge in [0.2, 0.25) is 15.9 Å². The number of hydrogen-bond acceptors (Lipinski definition) is 4. The van der Waals surface area contributed by atoms with Crippen molar-refractivity contribution in [2.24, 2.45) is 0 Å². The molecule has 23 heavy (non-hydrogen) atoms. The molecule has 0 N–H and O–H groups in total. The lowest BCUT2D eigenvalue weighted by Crippen LogP contribution is -2.51. The van der Waals surface area contributed by atoms with E-state index in [1.807, 2.05) is 4.90 Å². The van der Waals surface area contributed by atoms with Gasteiger partial charge in [0.1, 0.15) is 16.5 Å². The van der Waals surface area contributed by atoms with Crippen LogP contribution < -0.4 is 0 Å². The molecule has 1 fully saturated rings. The number of carbonyl (C=O) groups is 1. The molecule has 1 amide bonds. The van der Waals surface area contributed by atoms with Gasteiger partial charge in [-0.25, -0.2) is 17.2 Å². The Bertz CT molecular complexity index is 687. The maximum absolute atomic E-state index is 13.7. The fraction of sp³-hybridized carbons (Fsp3) is 0.500. The van der Waals surface area contributed by atoms with Gasteiger partial charge in [-0.15, -0.1) is 0 Å². The fourth-order valence-electron chi connectivity index (χ4n) is 2.27. The fourth-order valence-corrected chi connectivity index (χ4v) is 3.77. The van der Waals surface area contributed by atoms with Crippen LogP contribution in [-0.2, 0) is 14.8 Å². The Balaban J connectivity index is 2.07. The Kier molecular flexibility index (Phi) is 5.33. The molecule has 0 atom stereocenters. The number of benzene rings is 1. The number of rotatable bonds is 4. The summed E-state index contributed by atoms with van der Waals surface area (Å²) >= 11 is 0. The number of nitrogens with zero attached hydrogens (tertiary/aromatic N) is 3. The molecule has 6 nitrogen and oxygen atoms in total. The van der Waals surface area contributed by atoms with E-state index < -0.39 is 26.6 Å². The Hall–Kier alpha value is -1.58. The zero-order chi connectivity index (χ0) is 17.2. The van der Waals surface area contributed by atoms with E-state index in [-0.39, 0.29) is 25.5 Å². The average Bonchev–Trinajstić information content (AvgIpc) is 2.50. The van der Waals surface area contributed by atoms with Gasteiger partial charge in [0.25, 0.3) is 0 Å². The van der Waals surface area contributed by atoms with Crippen molar-refractivity contribution < 1.29 is 22.0 Å². The van der Waals surface area contributed by atoms with Crippen LogP contribution in [-0.4, -0.2) is 75.2 Å². The van der Waals surface area contributed by atoms with Crippen LogP contribution in [0.4, 0.5) is 8.78 Å². The number of carbonyl (C=O) groups excluding carboxylic acids is 1. The topological polar surface area (TPSA) is 60.9 Å². The van der Waals surface area contributed by atoms with Crippen LogP contribution in [0.1, 0.15) is 0 Å². The highest BCUT2D eigenvalue weighted by Gasteiger charge is 2.31. The van der Waals surface area contributed by atoms with E-state index in [2.05, 4.69) is 0 Å². The van der Waals surface area contributed by atoms with Crippen LogP contribution in [0.25, 0.3) is 0 Å². The minimum absolute atomic E-state index is 0.0718. The summed E-state index contributed by atoms with van der Waals surface area (Å²) < 4.78 is 52.9. The van der Waals surface area contributed by atoms with E-state index in [9.17, 15) is 22.0 Å². The predicted octanol–water partition coefficient (Wildman–Crippen LogP) is 0.359. The second-order valence-electron chi connectivity index (χ2n) is 5.54. The summed E-state index contributed by atoms with van der Waals surface area (Å²) in [5, 5.41) is 0. The molecular formula is C14H19F2N3O3S. The molecule has 1 aliphatic heterocycles. The standard InChI is InChI=1S/C14H19F2N3O3S/c1-17(2)14(20)10-18-5-7-19(8-6-18)23(21,22)13-9-11(15)3-4-12(13)16/h3-4,9H,5-8,10H2,1-2H3.